The molecule has 0 radical (unpaired) electrons. The summed E-state index contributed by atoms with van der Waals surface area (Å²) in [5, 5.41) is 5.46. The Bertz CT molecular complexity index is 1240. The van der Waals surface area contributed by atoms with Gasteiger partial charge in [0.1, 0.15) is 6.54 Å². The van der Waals surface area contributed by atoms with Gasteiger partial charge in [-0.25, -0.2) is 4.79 Å². The molecule has 182 valence electrons. The van der Waals surface area contributed by atoms with Crippen molar-refractivity contribution in [2.75, 3.05) is 18.7 Å². The molecule has 35 heavy (non-hydrogen) atoms. The number of amides is 3. The van der Waals surface area contributed by atoms with Gasteiger partial charge >= 0.3 is 6.03 Å². The van der Waals surface area contributed by atoms with E-state index in [1.165, 1.54) is 0 Å². The molecule has 5 rings (SSSR count). The number of ether oxygens (including phenoxy) is 2. The van der Waals surface area contributed by atoms with Crippen LogP contribution in [-0.2, 0) is 17.9 Å². The monoisotopic (exact) mass is 511 g/mol. The minimum absolute atomic E-state index is 0.00599. The number of thiophene rings is 1. The number of anilines is 1. The first-order valence-electron chi connectivity index (χ1n) is 11.5. The second-order valence-corrected chi connectivity index (χ2v) is 10.2. The van der Waals surface area contributed by atoms with Gasteiger partial charge in [-0.3, -0.25) is 4.79 Å². The number of benzene rings is 2. The standard InChI is InChI=1S/C26H26ClN3O4S/c1-17-9-10-35-24(17)14-29(13-18-5-8-22-23(11-18)34-16-33-22)25(31)15-30(21-6-7-21)26(32)28-20-4-2-3-19(27)12-20/h2-5,8-12,21H,6-7,13-16H2,1H3,(H,28,32). The summed E-state index contributed by atoms with van der Waals surface area (Å²) in [6.45, 7) is 3.14. The molecule has 9 heteroatoms. The lowest BCUT2D eigenvalue weighted by molar-refractivity contribution is -0.133. The van der Waals surface area contributed by atoms with Crippen LogP contribution in [0.3, 0.4) is 0 Å². The third-order valence-corrected chi connectivity index (χ3v) is 7.34. The van der Waals surface area contributed by atoms with E-state index in [9.17, 15) is 9.59 Å². The van der Waals surface area contributed by atoms with E-state index in [0.717, 1.165) is 28.8 Å². The zero-order valence-corrected chi connectivity index (χ0v) is 20.9. The SMILES string of the molecule is Cc1ccsc1CN(Cc1ccc2c(c1)OCO2)C(=O)CN(C(=O)Nc1cccc(Cl)c1)C1CC1. The van der Waals surface area contributed by atoms with Crippen molar-refractivity contribution in [1.29, 1.82) is 0 Å². The second-order valence-electron chi connectivity index (χ2n) is 8.76. The fraction of sp³-hybridized carbons (Fsp3) is 0.308. The highest BCUT2D eigenvalue weighted by atomic mass is 35.5. The summed E-state index contributed by atoms with van der Waals surface area (Å²) in [7, 11) is 0. The Kier molecular flexibility index (Phi) is 6.83. The number of hydrogen-bond acceptors (Lipinski definition) is 5. The number of urea groups is 1. The van der Waals surface area contributed by atoms with Gasteiger partial charge in [0.15, 0.2) is 11.5 Å². The topological polar surface area (TPSA) is 71.1 Å². The summed E-state index contributed by atoms with van der Waals surface area (Å²) in [5.41, 5.74) is 2.70. The van der Waals surface area contributed by atoms with Crippen LogP contribution >= 0.6 is 22.9 Å². The van der Waals surface area contributed by atoms with E-state index in [-0.39, 0.29) is 31.3 Å². The summed E-state index contributed by atoms with van der Waals surface area (Å²) in [6.07, 6.45) is 1.78. The van der Waals surface area contributed by atoms with E-state index in [2.05, 4.69) is 11.4 Å². The van der Waals surface area contributed by atoms with Crippen LogP contribution < -0.4 is 14.8 Å². The first-order valence-corrected chi connectivity index (χ1v) is 12.7. The highest BCUT2D eigenvalue weighted by Gasteiger charge is 2.35. The molecule has 0 unspecified atom stereocenters. The number of nitrogens with one attached hydrogen (secondary N) is 1. The maximum absolute atomic E-state index is 13.6. The van der Waals surface area contributed by atoms with Crippen molar-refractivity contribution < 1.29 is 19.1 Å². The number of rotatable bonds is 8. The summed E-state index contributed by atoms with van der Waals surface area (Å²) in [4.78, 5) is 31.3. The molecule has 0 atom stereocenters. The van der Waals surface area contributed by atoms with Crippen molar-refractivity contribution in [1.82, 2.24) is 9.80 Å². The largest absolute Gasteiger partial charge is 0.454 e. The van der Waals surface area contributed by atoms with Gasteiger partial charge in [-0.2, -0.15) is 0 Å². The van der Waals surface area contributed by atoms with Gasteiger partial charge in [0.05, 0.1) is 6.54 Å². The molecule has 7 nitrogen and oxygen atoms in total. The lowest BCUT2D eigenvalue weighted by Gasteiger charge is -2.28. The molecule has 1 N–H and O–H groups in total. The number of halogens is 1. The first-order chi connectivity index (χ1) is 17.0. The Morgan fingerprint density at radius 2 is 1.91 bits per heavy atom. The average Bonchev–Trinajstić information content (AvgIpc) is 3.43. The average molecular weight is 512 g/mol. The van der Waals surface area contributed by atoms with E-state index < -0.39 is 0 Å². The molecule has 0 bridgehead atoms. The van der Waals surface area contributed by atoms with Gasteiger partial charge in [-0.15, -0.1) is 11.3 Å². The van der Waals surface area contributed by atoms with Crippen molar-refractivity contribution in [3.8, 4) is 11.5 Å². The molecule has 1 aliphatic heterocycles. The Labute approximate surface area is 213 Å². The van der Waals surface area contributed by atoms with Gasteiger partial charge in [0.25, 0.3) is 0 Å². The van der Waals surface area contributed by atoms with Crippen molar-refractivity contribution in [2.24, 2.45) is 0 Å². The maximum Gasteiger partial charge on any atom is 0.322 e. The van der Waals surface area contributed by atoms with Crippen molar-refractivity contribution in [2.45, 2.75) is 38.9 Å². The van der Waals surface area contributed by atoms with Gasteiger partial charge in [0.2, 0.25) is 12.7 Å². The fourth-order valence-corrected chi connectivity index (χ4v) is 5.10. The molecule has 2 aliphatic rings. The third kappa shape index (κ3) is 5.71. The van der Waals surface area contributed by atoms with E-state index in [1.54, 1.807) is 45.4 Å². The smallest absolute Gasteiger partial charge is 0.322 e. The van der Waals surface area contributed by atoms with Crippen LogP contribution in [0.4, 0.5) is 10.5 Å². The minimum atomic E-state index is -0.293. The molecule has 0 saturated heterocycles. The van der Waals surface area contributed by atoms with Crippen LogP contribution in [0.5, 0.6) is 11.5 Å². The van der Waals surface area contributed by atoms with Crippen LogP contribution in [0.15, 0.2) is 53.9 Å². The van der Waals surface area contributed by atoms with E-state index in [4.69, 9.17) is 21.1 Å². The molecule has 1 aromatic heterocycles. The van der Waals surface area contributed by atoms with Crippen LogP contribution in [0.25, 0.3) is 0 Å². The summed E-state index contributed by atoms with van der Waals surface area (Å²) in [6, 6.07) is 14.5. The molecule has 2 aromatic carbocycles. The van der Waals surface area contributed by atoms with Crippen molar-refractivity contribution >= 4 is 40.6 Å². The molecule has 0 spiro atoms. The van der Waals surface area contributed by atoms with Gasteiger partial charge in [-0.1, -0.05) is 23.7 Å². The third-order valence-electron chi connectivity index (χ3n) is 6.10. The normalized spacial score (nSPS) is 14.0. The summed E-state index contributed by atoms with van der Waals surface area (Å²) in [5.74, 6) is 1.28. The zero-order valence-electron chi connectivity index (χ0n) is 19.3. The second kappa shape index (κ2) is 10.2. The first kappa shape index (κ1) is 23.5. The molecule has 1 saturated carbocycles. The molecule has 3 amide bonds. The minimum Gasteiger partial charge on any atom is -0.454 e. The molecule has 1 aliphatic carbocycles. The predicted molar refractivity (Wildman–Crippen MR) is 136 cm³/mol. The van der Waals surface area contributed by atoms with Crippen molar-refractivity contribution in [3.05, 3.63) is 74.9 Å². The van der Waals surface area contributed by atoms with E-state index in [0.29, 0.717) is 35.3 Å². The van der Waals surface area contributed by atoms with Gasteiger partial charge in [0, 0.05) is 28.2 Å². The highest BCUT2D eigenvalue weighted by molar-refractivity contribution is 7.10. The van der Waals surface area contributed by atoms with Crippen LogP contribution in [-0.4, -0.2) is 41.1 Å². The number of hydrogen-bond donors (Lipinski definition) is 1. The quantitative estimate of drug-likeness (QED) is 0.423. The number of fused-ring (bicyclic) bond motifs is 1. The Hall–Kier alpha value is -3.23. The molecule has 3 aromatic rings. The van der Waals surface area contributed by atoms with E-state index in [1.807, 2.05) is 30.5 Å². The molecule has 2 heterocycles. The predicted octanol–water partition coefficient (Wildman–Crippen LogP) is 5.66. The molecular weight excluding hydrogens is 486 g/mol. The molecule has 1 fully saturated rings. The number of aryl methyl sites for hydroxylation is 1. The lowest BCUT2D eigenvalue weighted by Crippen LogP contribution is -2.45. The van der Waals surface area contributed by atoms with Gasteiger partial charge < -0.3 is 24.6 Å². The van der Waals surface area contributed by atoms with Crippen LogP contribution in [0.2, 0.25) is 5.02 Å². The lowest BCUT2D eigenvalue weighted by atomic mass is 10.1. The maximum atomic E-state index is 13.6. The Morgan fingerprint density at radius 1 is 1.09 bits per heavy atom. The Balaban J connectivity index is 1.33. The molecular formula is C26H26ClN3O4S. The summed E-state index contributed by atoms with van der Waals surface area (Å²) >= 11 is 7.69. The Morgan fingerprint density at radius 3 is 2.66 bits per heavy atom. The summed E-state index contributed by atoms with van der Waals surface area (Å²) < 4.78 is 10.9. The number of carbonyl (C=O) groups is 2. The van der Waals surface area contributed by atoms with Crippen LogP contribution in [0, 0.1) is 6.92 Å². The number of nitrogens with zero attached hydrogens (tertiary/aromatic N) is 2. The van der Waals surface area contributed by atoms with Gasteiger partial charge in [-0.05, 0) is 72.7 Å². The number of carbonyl (C=O) groups excluding carboxylic acids is 2. The van der Waals surface area contributed by atoms with Crippen LogP contribution in [0.1, 0.15) is 28.8 Å². The highest BCUT2D eigenvalue weighted by Crippen LogP contribution is 2.33. The van der Waals surface area contributed by atoms with Crippen molar-refractivity contribution in [3.63, 3.8) is 0 Å². The van der Waals surface area contributed by atoms with E-state index >= 15 is 0 Å². The fourth-order valence-electron chi connectivity index (χ4n) is 3.99. The zero-order chi connectivity index (χ0) is 24.4.